The molecule has 0 radical (unpaired) electrons. The summed E-state index contributed by atoms with van der Waals surface area (Å²) in [6.07, 6.45) is 1.44. The van der Waals surface area contributed by atoms with Crippen molar-refractivity contribution in [2.24, 2.45) is 11.3 Å². The van der Waals surface area contributed by atoms with E-state index in [1.165, 1.54) is 6.07 Å². The van der Waals surface area contributed by atoms with E-state index in [1.807, 2.05) is 13.0 Å². The topological polar surface area (TPSA) is 34.1 Å². The van der Waals surface area contributed by atoms with E-state index in [2.05, 4.69) is 24.1 Å². The Kier molecular flexibility index (Phi) is 2.95. The van der Waals surface area contributed by atoms with Crippen molar-refractivity contribution in [1.82, 2.24) is 4.98 Å². The van der Waals surface area contributed by atoms with Gasteiger partial charge in [0.05, 0.1) is 11.6 Å². The van der Waals surface area contributed by atoms with Crippen LogP contribution in [0.4, 0.5) is 10.1 Å². The van der Waals surface area contributed by atoms with Gasteiger partial charge in [-0.3, -0.25) is 4.98 Å². The second-order valence-corrected chi connectivity index (χ2v) is 7.16. The number of nitrogens with zero attached hydrogens (tertiary/aromatic N) is 1. The quantitative estimate of drug-likeness (QED) is 0.913. The van der Waals surface area contributed by atoms with Crippen molar-refractivity contribution in [3.05, 3.63) is 35.8 Å². The van der Waals surface area contributed by atoms with Crippen molar-refractivity contribution in [3.8, 4) is 0 Å². The number of rotatable bonds is 2. The Labute approximate surface area is 129 Å². The van der Waals surface area contributed by atoms with E-state index in [0.717, 1.165) is 35.3 Å². The van der Waals surface area contributed by atoms with Gasteiger partial charge in [0.15, 0.2) is 0 Å². The molecule has 2 heterocycles. The molecule has 1 saturated heterocycles. The van der Waals surface area contributed by atoms with Crippen LogP contribution in [0.5, 0.6) is 0 Å². The zero-order valence-electron chi connectivity index (χ0n) is 13.2. The normalized spacial score (nSPS) is 29.2. The van der Waals surface area contributed by atoms with Gasteiger partial charge in [0.2, 0.25) is 0 Å². The van der Waals surface area contributed by atoms with E-state index >= 15 is 0 Å². The number of anilines is 1. The van der Waals surface area contributed by atoms with E-state index in [1.54, 1.807) is 12.1 Å². The van der Waals surface area contributed by atoms with Gasteiger partial charge in [-0.05, 0) is 37.6 Å². The SMILES string of the molecule is Cc1cc(NC2C3CCOC3C2(C)C)c2cc(F)ccc2n1. The molecule has 3 nitrogen and oxygen atoms in total. The highest BCUT2D eigenvalue weighted by Gasteiger charge is 2.59. The number of aromatic nitrogens is 1. The molecular formula is C18H21FN2O. The third kappa shape index (κ3) is 1.93. The number of benzene rings is 1. The second-order valence-electron chi connectivity index (χ2n) is 7.16. The smallest absolute Gasteiger partial charge is 0.124 e. The van der Waals surface area contributed by atoms with E-state index in [9.17, 15) is 4.39 Å². The lowest BCUT2D eigenvalue weighted by Crippen LogP contribution is -2.63. The molecule has 1 aromatic heterocycles. The van der Waals surface area contributed by atoms with Crippen LogP contribution in [0, 0.1) is 24.1 Å². The molecule has 2 aromatic rings. The summed E-state index contributed by atoms with van der Waals surface area (Å²) in [4.78, 5) is 4.50. The number of fused-ring (bicyclic) bond motifs is 2. The minimum atomic E-state index is -0.226. The maximum Gasteiger partial charge on any atom is 0.124 e. The summed E-state index contributed by atoms with van der Waals surface area (Å²) in [5, 5.41) is 4.52. The molecule has 22 heavy (non-hydrogen) atoms. The summed E-state index contributed by atoms with van der Waals surface area (Å²) in [5.41, 5.74) is 2.85. The highest BCUT2D eigenvalue weighted by Crippen LogP contribution is 2.53. The highest BCUT2D eigenvalue weighted by molar-refractivity contribution is 5.91. The first-order valence-electron chi connectivity index (χ1n) is 7.92. The maximum absolute atomic E-state index is 13.6. The molecular weight excluding hydrogens is 279 g/mol. The van der Waals surface area contributed by atoms with Crippen LogP contribution in [-0.2, 0) is 4.74 Å². The number of hydrogen-bond donors (Lipinski definition) is 1. The molecule has 3 unspecified atom stereocenters. The van der Waals surface area contributed by atoms with Crippen molar-refractivity contribution in [1.29, 1.82) is 0 Å². The predicted octanol–water partition coefficient (Wildman–Crippen LogP) is 3.91. The number of nitrogens with one attached hydrogen (secondary N) is 1. The van der Waals surface area contributed by atoms with Gasteiger partial charge in [0.1, 0.15) is 5.82 Å². The first-order chi connectivity index (χ1) is 10.5. The molecule has 1 saturated carbocycles. The summed E-state index contributed by atoms with van der Waals surface area (Å²) < 4.78 is 19.5. The van der Waals surface area contributed by atoms with E-state index in [-0.39, 0.29) is 11.2 Å². The van der Waals surface area contributed by atoms with Gasteiger partial charge >= 0.3 is 0 Å². The lowest BCUT2D eigenvalue weighted by molar-refractivity contribution is -0.0922. The van der Waals surface area contributed by atoms with Crippen LogP contribution in [0.3, 0.4) is 0 Å². The minimum absolute atomic E-state index is 0.0952. The average molecular weight is 300 g/mol. The molecule has 2 aliphatic rings. The van der Waals surface area contributed by atoms with Gasteiger partial charge in [0, 0.05) is 40.7 Å². The molecule has 3 atom stereocenters. The fourth-order valence-corrected chi connectivity index (χ4v) is 4.23. The van der Waals surface area contributed by atoms with Gasteiger partial charge in [-0.25, -0.2) is 4.39 Å². The molecule has 0 amide bonds. The lowest BCUT2D eigenvalue weighted by atomic mass is 9.57. The van der Waals surface area contributed by atoms with Crippen LogP contribution >= 0.6 is 0 Å². The van der Waals surface area contributed by atoms with Gasteiger partial charge in [0.25, 0.3) is 0 Å². The Morgan fingerprint density at radius 1 is 1.32 bits per heavy atom. The standard InChI is InChI=1S/C18H21FN2O/c1-10-8-15(13-9-11(19)4-5-14(13)20-10)21-16-12-6-7-22-17(12)18(16,2)3/h4-5,8-9,12,16-17H,6-7H2,1-3H3,(H,20,21). The van der Waals surface area contributed by atoms with Crippen LogP contribution in [-0.4, -0.2) is 23.7 Å². The maximum atomic E-state index is 13.6. The first-order valence-corrected chi connectivity index (χ1v) is 7.92. The molecule has 1 aromatic carbocycles. The van der Waals surface area contributed by atoms with Crippen molar-refractivity contribution < 1.29 is 9.13 Å². The van der Waals surface area contributed by atoms with Gasteiger partial charge in [-0.15, -0.1) is 0 Å². The molecule has 2 fully saturated rings. The van der Waals surface area contributed by atoms with Gasteiger partial charge in [-0.2, -0.15) is 0 Å². The number of hydrogen-bond acceptors (Lipinski definition) is 3. The Morgan fingerprint density at radius 2 is 2.14 bits per heavy atom. The number of pyridine rings is 1. The third-order valence-corrected chi connectivity index (χ3v) is 5.31. The molecule has 116 valence electrons. The lowest BCUT2D eigenvalue weighted by Gasteiger charge is -2.55. The Balaban J connectivity index is 1.74. The molecule has 4 heteroatoms. The molecule has 0 bridgehead atoms. The molecule has 1 aliphatic carbocycles. The van der Waals surface area contributed by atoms with Crippen LogP contribution < -0.4 is 5.32 Å². The van der Waals surface area contributed by atoms with Crippen molar-refractivity contribution in [2.45, 2.75) is 39.3 Å². The Morgan fingerprint density at radius 3 is 2.95 bits per heavy atom. The number of aryl methyl sites for hydroxylation is 1. The molecule has 1 N–H and O–H groups in total. The number of ether oxygens (including phenoxy) is 1. The predicted molar refractivity (Wildman–Crippen MR) is 85.5 cm³/mol. The van der Waals surface area contributed by atoms with Crippen LogP contribution in [0.15, 0.2) is 24.3 Å². The fourth-order valence-electron chi connectivity index (χ4n) is 4.23. The van der Waals surface area contributed by atoms with Crippen molar-refractivity contribution in [3.63, 3.8) is 0 Å². The van der Waals surface area contributed by atoms with E-state index in [4.69, 9.17) is 4.74 Å². The van der Waals surface area contributed by atoms with Gasteiger partial charge < -0.3 is 10.1 Å². The van der Waals surface area contributed by atoms with Crippen molar-refractivity contribution >= 4 is 16.6 Å². The minimum Gasteiger partial charge on any atom is -0.381 e. The summed E-state index contributed by atoms with van der Waals surface area (Å²) in [7, 11) is 0. The third-order valence-electron chi connectivity index (χ3n) is 5.31. The molecule has 0 spiro atoms. The van der Waals surface area contributed by atoms with E-state index < -0.39 is 0 Å². The first kappa shape index (κ1) is 13.9. The largest absolute Gasteiger partial charge is 0.381 e. The van der Waals surface area contributed by atoms with Crippen LogP contribution in [0.2, 0.25) is 0 Å². The fraction of sp³-hybridized carbons (Fsp3) is 0.500. The summed E-state index contributed by atoms with van der Waals surface area (Å²) in [6.45, 7) is 7.31. The monoisotopic (exact) mass is 300 g/mol. The second kappa shape index (κ2) is 4.66. The van der Waals surface area contributed by atoms with Crippen molar-refractivity contribution in [2.75, 3.05) is 11.9 Å². The summed E-state index contributed by atoms with van der Waals surface area (Å²) in [6, 6.07) is 7.15. The average Bonchev–Trinajstić information content (AvgIpc) is 2.92. The van der Waals surface area contributed by atoms with Gasteiger partial charge in [-0.1, -0.05) is 13.8 Å². The Bertz CT molecular complexity index is 743. The van der Waals surface area contributed by atoms with Crippen LogP contribution in [0.1, 0.15) is 26.0 Å². The number of halogens is 1. The highest BCUT2D eigenvalue weighted by atomic mass is 19.1. The molecule has 4 rings (SSSR count). The molecule has 1 aliphatic heterocycles. The van der Waals surface area contributed by atoms with Crippen LogP contribution in [0.25, 0.3) is 10.9 Å². The summed E-state index contributed by atoms with van der Waals surface area (Å²) >= 11 is 0. The Hall–Kier alpha value is -1.68. The zero-order chi connectivity index (χ0) is 15.5. The summed E-state index contributed by atoms with van der Waals surface area (Å²) in [5.74, 6) is 0.322. The van der Waals surface area contributed by atoms with E-state index in [0.29, 0.717) is 18.1 Å². The zero-order valence-corrected chi connectivity index (χ0v) is 13.2.